The molecule has 1 fully saturated rings. The van der Waals surface area contributed by atoms with Gasteiger partial charge in [-0.25, -0.2) is 5.48 Å². The molecule has 0 radical (unpaired) electrons. The van der Waals surface area contributed by atoms with Crippen molar-refractivity contribution < 1.29 is 9.63 Å². The molecule has 1 rings (SSSR count). The Kier molecular flexibility index (Phi) is 3.32. The second kappa shape index (κ2) is 4.31. The number of amides is 1. The summed E-state index contributed by atoms with van der Waals surface area (Å²) in [5.41, 5.74) is 2.40. The van der Waals surface area contributed by atoms with E-state index in [9.17, 15) is 4.79 Å². The summed E-state index contributed by atoms with van der Waals surface area (Å²) in [6, 6.07) is 0. The third kappa shape index (κ3) is 2.48. The van der Waals surface area contributed by atoms with Crippen molar-refractivity contribution in [2.45, 2.75) is 13.3 Å². The van der Waals surface area contributed by atoms with Crippen molar-refractivity contribution in [2.24, 2.45) is 5.92 Å². The van der Waals surface area contributed by atoms with Crippen LogP contribution in [0.25, 0.3) is 0 Å². The zero-order valence-corrected chi connectivity index (χ0v) is 6.72. The topological polar surface area (TPSA) is 50.4 Å². The lowest BCUT2D eigenvalue weighted by molar-refractivity contribution is -0.136. The maximum Gasteiger partial charge on any atom is 0.247 e. The van der Waals surface area contributed by atoms with E-state index in [1.165, 1.54) is 0 Å². The molecule has 4 heteroatoms. The van der Waals surface area contributed by atoms with Crippen molar-refractivity contribution >= 4 is 5.91 Å². The van der Waals surface area contributed by atoms with Gasteiger partial charge in [-0.3, -0.25) is 9.63 Å². The minimum atomic E-state index is -0.00292. The van der Waals surface area contributed by atoms with Gasteiger partial charge in [-0.05, 0) is 19.9 Å². The molecule has 0 bridgehead atoms. The lowest BCUT2D eigenvalue weighted by Gasteiger charge is -2.07. The van der Waals surface area contributed by atoms with E-state index in [1.54, 1.807) is 0 Å². The van der Waals surface area contributed by atoms with E-state index >= 15 is 0 Å². The molecule has 1 saturated heterocycles. The number of rotatable bonds is 3. The Balaban J connectivity index is 2.17. The fraction of sp³-hybridized carbons (Fsp3) is 0.857. The Labute approximate surface area is 66.3 Å². The average molecular weight is 158 g/mol. The first-order valence-corrected chi connectivity index (χ1v) is 3.97. The molecule has 1 heterocycles. The third-order valence-corrected chi connectivity index (χ3v) is 1.75. The maximum atomic E-state index is 11.1. The van der Waals surface area contributed by atoms with Gasteiger partial charge in [-0.15, -0.1) is 0 Å². The molecule has 11 heavy (non-hydrogen) atoms. The van der Waals surface area contributed by atoms with Crippen molar-refractivity contribution in [3.8, 4) is 0 Å². The van der Waals surface area contributed by atoms with Crippen LogP contribution in [0.3, 0.4) is 0 Å². The normalized spacial score (nSPS) is 23.5. The highest BCUT2D eigenvalue weighted by Crippen LogP contribution is 2.06. The van der Waals surface area contributed by atoms with Gasteiger partial charge < -0.3 is 5.32 Å². The summed E-state index contributed by atoms with van der Waals surface area (Å²) in [4.78, 5) is 15.9. The van der Waals surface area contributed by atoms with E-state index in [0.29, 0.717) is 6.61 Å². The van der Waals surface area contributed by atoms with Crippen LogP contribution in [0, 0.1) is 5.92 Å². The van der Waals surface area contributed by atoms with Gasteiger partial charge in [0, 0.05) is 6.54 Å². The van der Waals surface area contributed by atoms with Crippen molar-refractivity contribution in [1.29, 1.82) is 0 Å². The monoisotopic (exact) mass is 158 g/mol. The summed E-state index contributed by atoms with van der Waals surface area (Å²) in [5.74, 6) is 0.0957. The van der Waals surface area contributed by atoms with E-state index in [1.807, 2.05) is 6.92 Å². The molecule has 1 aliphatic rings. The van der Waals surface area contributed by atoms with Crippen LogP contribution in [0.1, 0.15) is 13.3 Å². The summed E-state index contributed by atoms with van der Waals surface area (Å²) in [6.45, 7) is 4.07. The van der Waals surface area contributed by atoms with Crippen LogP contribution in [-0.2, 0) is 9.63 Å². The first-order valence-electron chi connectivity index (χ1n) is 3.97. The van der Waals surface area contributed by atoms with E-state index in [4.69, 9.17) is 4.84 Å². The fourth-order valence-corrected chi connectivity index (χ4v) is 1.11. The molecular weight excluding hydrogens is 144 g/mol. The minimum absolute atomic E-state index is 0.00292. The predicted molar refractivity (Wildman–Crippen MR) is 40.7 cm³/mol. The highest BCUT2D eigenvalue weighted by Gasteiger charge is 2.21. The molecule has 0 aromatic rings. The molecule has 0 aromatic carbocycles. The highest BCUT2D eigenvalue weighted by atomic mass is 16.6. The predicted octanol–water partition coefficient (Wildman–Crippen LogP) is -0.336. The van der Waals surface area contributed by atoms with Crippen LogP contribution in [0.15, 0.2) is 0 Å². The van der Waals surface area contributed by atoms with Crippen molar-refractivity contribution in [1.82, 2.24) is 10.8 Å². The molecule has 0 aliphatic carbocycles. The van der Waals surface area contributed by atoms with Crippen LogP contribution in [0.4, 0.5) is 0 Å². The fourth-order valence-electron chi connectivity index (χ4n) is 1.11. The number of hydrogen-bond acceptors (Lipinski definition) is 3. The van der Waals surface area contributed by atoms with Crippen LogP contribution < -0.4 is 10.8 Å². The molecule has 0 aromatic heterocycles. The van der Waals surface area contributed by atoms with E-state index in [0.717, 1.165) is 19.5 Å². The van der Waals surface area contributed by atoms with Gasteiger partial charge in [0.2, 0.25) is 5.91 Å². The van der Waals surface area contributed by atoms with E-state index in [2.05, 4.69) is 10.8 Å². The standard InChI is InChI=1S/C7H14N2O2/c1-2-11-9-7(10)6-3-4-8-5-6/h6,8H,2-5H2,1H3,(H,9,10)/t6-/m0/s1. The number of hydroxylamine groups is 1. The van der Waals surface area contributed by atoms with Gasteiger partial charge in [0.25, 0.3) is 0 Å². The van der Waals surface area contributed by atoms with Gasteiger partial charge in [-0.1, -0.05) is 0 Å². The molecule has 1 aliphatic heterocycles. The van der Waals surface area contributed by atoms with Crippen molar-refractivity contribution in [3.05, 3.63) is 0 Å². The van der Waals surface area contributed by atoms with Gasteiger partial charge in [-0.2, -0.15) is 0 Å². The van der Waals surface area contributed by atoms with Gasteiger partial charge in [0.15, 0.2) is 0 Å². The molecule has 0 saturated carbocycles. The second-order valence-electron chi connectivity index (χ2n) is 2.59. The first-order chi connectivity index (χ1) is 5.34. The Hall–Kier alpha value is -0.610. The Morgan fingerprint density at radius 2 is 2.64 bits per heavy atom. The Morgan fingerprint density at radius 1 is 1.82 bits per heavy atom. The molecule has 64 valence electrons. The van der Waals surface area contributed by atoms with E-state index < -0.39 is 0 Å². The van der Waals surface area contributed by atoms with Crippen LogP contribution in [0.5, 0.6) is 0 Å². The average Bonchev–Trinajstić information content (AvgIpc) is 2.52. The molecule has 2 N–H and O–H groups in total. The van der Waals surface area contributed by atoms with Gasteiger partial charge >= 0.3 is 0 Å². The lowest BCUT2D eigenvalue weighted by Crippen LogP contribution is -2.31. The summed E-state index contributed by atoms with van der Waals surface area (Å²) in [6.07, 6.45) is 0.916. The quantitative estimate of drug-likeness (QED) is 0.553. The molecule has 0 unspecified atom stereocenters. The van der Waals surface area contributed by atoms with Crippen molar-refractivity contribution in [3.63, 3.8) is 0 Å². The van der Waals surface area contributed by atoms with Gasteiger partial charge in [0.1, 0.15) is 0 Å². The smallest absolute Gasteiger partial charge is 0.247 e. The van der Waals surface area contributed by atoms with Crippen molar-refractivity contribution in [2.75, 3.05) is 19.7 Å². The SMILES string of the molecule is CCONC(=O)[C@H]1CCNC1. The Bertz CT molecular complexity index is 132. The highest BCUT2D eigenvalue weighted by molar-refractivity contribution is 5.78. The van der Waals surface area contributed by atoms with Crippen LogP contribution >= 0.6 is 0 Å². The number of hydrogen-bond donors (Lipinski definition) is 2. The number of carbonyl (C=O) groups excluding carboxylic acids is 1. The van der Waals surface area contributed by atoms with Crippen LogP contribution in [0.2, 0.25) is 0 Å². The molecule has 4 nitrogen and oxygen atoms in total. The molecule has 0 spiro atoms. The molecule has 1 atom stereocenters. The summed E-state index contributed by atoms with van der Waals surface area (Å²) in [7, 11) is 0. The summed E-state index contributed by atoms with van der Waals surface area (Å²) in [5, 5.41) is 3.11. The third-order valence-electron chi connectivity index (χ3n) is 1.75. The number of carbonyl (C=O) groups is 1. The van der Waals surface area contributed by atoms with E-state index in [-0.39, 0.29) is 11.8 Å². The van der Waals surface area contributed by atoms with Gasteiger partial charge in [0.05, 0.1) is 12.5 Å². The minimum Gasteiger partial charge on any atom is -0.316 e. The summed E-state index contributed by atoms with van der Waals surface area (Å²) >= 11 is 0. The first kappa shape index (κ1) is 8.49. The van der Waals surface area contributed by atoms with Crippen LogP contribution in [-0.4, -0.2) is 25.6 Å². The zero-order valence-electron chi connectivity index (χ0n) is 6.72. The number of nitrogens with one attached hydrogen (secondary N) is 2. The maximum absolute atomic E-state index is 11.1. The second-order valence-corrected chi connectivity index (χ2v) is 2.59. The largest absolute Gasteiger partial charge is 0.316 e. The molecule has 1 amide bonds. The summed E-state index contributed by atoms with van der Waals surface area (Å²) < 4.78 is 0. The lowest BCUT2D eigenvalue weighted by atomic mass is 10.1. The Morgan fingerprint density at radius 3 is 3.18 bits per heavy atom. The zero-order chi connectivity index (χ0) is 8.10. The molecular formula is C7H14N2O2.